The van der Waals surface area contributed by atoms with Gasteiger partial charge in [0.15, 0.2) is 0 Å². The number of hydrogen-bond donors (Lipinski definition) is 0. The first-order chi connectivity index (χ1) is 23.8. The fourth-order valence-electron chi connectivity index (χ4n) is 7.30. The Bertz CT molecular complexity index is 2760. The van der Waals surface area contributed by atoms with Gasteiger partial charge < -0.3 is 9.13 Å². The highest BCUT2D eigenvalue weighted by molar-refractivity contribution is 6.35. The summed E-state index contributed by atoms with van der Waals surface area (Å²) in [5.74, 6) is 0. The molecule has 10 aromatic rings. The van der Waals surface area contributed by atoms with E-state index >= 15 is 0 Å². The first kappa shape index (κ1) is 26.5. The van der Waals surface area contributed by atoms with Crippen LogP contribution in [0.4, 0.5) is 0 Å². The summed E-state index contributed by atoms with van der Waals surface area (Å²) in [6.45, 7) is 0. The molecule has 0 saturated carbocycles. The maximum absolute atomic E-state index is 5.10. The fraction of sp³-hybridized carbons (Fsp3) is 0. The van der Waals surface area contributed by atoms with Crippen molar-refractivity contribution in [3.63, 3.8) is 0 Å². The van der Waals surface area contributed by atoms with E-state index in [-0.39, 0.29) is 0 Å². The van der Waals surface area contributed by atoms with Gasteiger partial charge in [-0.2, -0.15) is 0 Å². The smallest absolute Gasteiger partial charge is 0.0915 e. The van der Waals surface area contributed by atoms with E-state index in [2.05, 4.69) is 106 Å². The van der Waals surface area contributed by atoms with Crippen molar-refractivity contribution in [1.82, 2.24) is 29.1 Å². The van der Waals surface area contributed by atoms with Gasteiger partial charge in [0, 0.05) is 51.2 Å². The van der Waals surface area contributed by atoms with Crippen molar-refractivity contribution in [2.45, 2.75) is 0 Å². The van der Waals surface area contributed by atoms with Gasteiger partial charge in [0.25, 0.3) is 0 Å². The number of para-hydroxylation sites is 3. The van der Waals surface area contributed by atoms with Crippen LogP contribution in [-0.4, -0.2) is 29.1 Å². The van der Waals surface area contributed by atoms with E-state index in [4.69, 9.17) is 19.9 Å². The Labute approximate surface area is 275 Å². The number of hydrogen-bond acceptors (Lipinski definition) is 4. The van der Waals surface area contributed by atoms with Crippen LogP contribution in [0, 0.1) is 0 Å². The Balaban J connectivity index is 1.47. The van der Waals surface area contributed by atoms with Crippen LogP contribution in [0.5, 0.6) is 0 Å². The van der Waals surface area contributed by atoms with Crippen molar-refractivity contribution in [1.29, 1.82) is 0 Å². The molecule has 0 aliphatic heterocycles. The molecule has 10 rings (SSSR count). The Morgan fingerprint density at radius 2 is 0.896 bits per heavy atom. The van der Waals surface area contributed by atoms with Gasteiger partial charge in [-0.15, -0.1) is 0 Å². The van der Waals surface area contributed by atoms with Crippen LogP contribution in [0.1, 0.15) is 0 Å². The number of fused-ring (bicyclic) bond motifs is 10. The molecule has 0 atom stereocenters. The number of benzene rings is 4. The Morgan fingerprint density at radius 3 is 1.54 bits per heavy atom. The van der Waals surface area contributed by atoms with Crippen LogP contribution >= 0.6 is 0 Å². The Kier molecular flexibility index (Phi) is 5.77. The highest BCUT2D eigenvalue weighted by Gasteiger charge is 2.25. The van der Waals surface area contributed by atoms with E-state index < -0.39 is 0 Å². The van der Waals surface area contributed by atoms with Crippen molar-refractivity contribution in [3.05, 3.63) is 158 Å². The summed E-state index contributed by atoms with van der Waals surface area (Å²) in [7, 11) is 0. The second-order valence-electron chi connectivity index (χ2n) is 11.9. The summed E-state index contributed by atoms with van der Waals surface area (Å²) in [6, 6.07) is 48.4. The summed E-state index contributed by atoms with van der Waals surface area (Å²) in [5.41, 5.74) is 10.7. The molecule has 0 amide bonds. The molecule has 0 unspecified atom stereocenters. The van der Waals surface area contributed by atoms with E-state index in [0.717, 1.165) is 88.7 Å². The molecule has 6 nitrogen and oxygen atoms in total. The molecule has 0 N–H and O–H groups in total. The number of aromatic nitrogens is 6. The first-order valence-electron chi connectivity index (χ1n) is 16.0. The van der Waals surface area contributed by atoms with Crippen molar-refractivity contribution >= 4 is 54.5 Å². The average Bonchev–Trinajstić information content (AvgIpc) is 3.70. The van der Waals surface area contributed by atoms with Crippen LogP contribution in [0.3, 0.4) is 0 Å². The molecule has 6 aromatic heterocycles. The van der Waals surface area contributed by atoms with E-state index in [9.17, 15) is 0 Å². The molecule has 0 fully saturated rings. The lowest BCUT2D eigenvalue weighted by atomic mass is 10.0. The zero-order valence-electron chi connectivity index (χ0n) is 25.7. The van der Waals surface area contributed by atoms with Crippen LogP contribution < -0.4 is 0 Å². The molecular formula is C42H26N6. The van der Waals surface area contributed by atoms with Crippen LogP contribution in [0.25, 0.3) is 88.7 Å². The van der Waals surface area contributed by atoms with Crippen LogP contribution in [-0.2, 0) is 0 Å². The molecule has 6 heterocycles. The second-order valence-corrected chi connectivity index (χ2v) is 11.9. The molecule has 6 heteroatoms. The first-order valence-corrected chi connectivity index (χ1v) is 16.0. The van der Waals surface area contributed by atoms with E-state index in [0.29, 0.717) is 0 Å². The van der Waals surface area contributed by atoms with E-state index in [1.54, 1.807) is 0 Å². The predicted octanol–water partition coefficient (Wildman–Crippen LogP) is 9.95. The molecular weight excluding hydrogens is 589 g/mol. The topological polar surface area (TPSA) is 61.4 Å². The normalized spacial score (nSPS) is 11.8. The van der Waals surface area contributed by atoms with Gasteiger partial charge in [0.1, 0.15) is 0 Å². The Hall–Kier alpha value is -6.66. The van der Waals surface area contributed by atoms with Gasteiger partial charge in [0.05, 0.1) is 56.0 Å². The highest BCUT2D eigenvalue weighted by Crippen LogP contribution is 2.46. The van der Waals surface area contributed by atoms with Crippen molar-refractivity contribution in [2.75, 3.05) is 0 Å². The minimum absolute atomic E-state index is 0.780. The lowest BCUT2D eigenvalue weighted by molar-refractivity contribution is 1.13. The second kappa shape index (κ2) is 10.4. The average molecular weight is 615 g/mol. The van der Waals surface area contributed by atoms with Crippen molar-refractivity contribution in [2.24, 2.45) is 0 Å². The van der Waals surface area contributed by atoms with E-state index in [1.807, 2.05) is 61.1 Å². The van der Waals surface area contributed by atoms with Gasteiger partial charge in [0.2, 0.25) is 0 Å². The largest absolute Gasteiger partial charge is 0.307 e. The minimum atomic E-state index is 0.780. The number of pyridine rings is 4. The summed E-state index contributed by atoms with van der Waals surface area (Å²) in [6.07, 6.45) is 5.53. The molecule has 48 heavy (non-hydrogen) atoms. The number of nitrogens with zero attached hydrogens (tertiary/aromatic N) is 6. The zero-order valence-corrected chi connectivity index (χ0v) is 25.7. The molecule has 0 aliphatic rings. The third kappa shape index (κ3) is 3.86. The summed E-state index contributed by atoms with van der Waals surface area (Å²) in [5, 5.41) is 5.74. The quantitative estimate of drug-likeness (QED) is 0.198. The van der Waals surface area contributed by atoms with Gasteiger partial charge in [-0.05, 0) is 66.7 Å². The molecule has 0 aliphatic carbocycles. The third-order valence-corrected chi connectivity index (χ3v) is 9.22. The predicted molar refractivity (Wildman–Crippen MR) is 195 cm³/mol. The molecule has 0 saturated heterocycles. The Morgan fingerprint density at radius 1 is 0.375 bits per heavy atom. The van der Waals surface area contributed by atoms with Gasteiger partial charge >= 0.3 is 0 Å². The standard InChI is InChI=1S/C42H26N6/c1-2-13-27(14-3-1)47-37-21-7-5-16-30(37)39-40-31(17-12-24-45-40)38-29-15-4-6-20-36(29)48(41(38)42(39)47)28-25-34(32-18-8-10-22-43-32)46-35(26-28)33-19-9-11-23-44-33/h1-26H. The summed E-state index contributed by atoms with van der Waals surface area (Å²) in [4.78, 5) is 19.6. The molecule has 0 bridgehead atoms. The summed E-state index contributed by atoms with van der Waals surface area (Å²) >= 11 is 0. The molecule has 224 valence electrons. The lowest BCUT2D eigenvalue weighted by Gasteiger charge is -2.15. The summed E-state index contributed by atoms with van der Waals surface area (Å²) < 4.78 is 4.80. The van der Waals surface area contributed by atoms with Gasteiger partial charge in [-0.3, -0.25) is 15.0 Å². The van der Waals surface area contributed by atoms with E-state index in [1.165, 1.54) is 0 Å². The number of rotatable bonds is 4. The maximum Gasteiger partial charge on any atom is 0.0915 e. The molecule has 0 spiro atoms. The SMILES string of the molecule is c1ccc(-n2c3ccccc3c3c4ncccc4c4c5ccccc5n(-c5cc(-c6ccccn6)nc(-c6ccccn6)c5)c4c32)cc1. The van der Waals surface area contributed by atoms with Crippen LogP contribution in [0.2, 0.25) is 0 Å². The fourth-order valence-corrected chi connectivity index (χ4v) is 7.30. The third-order valence-electron chi connectivity index (χ3n) is 9.22. The zero-order chi connectivity index (χ0) is 31.6. The highest BCUT2D eigenvalue weighted by atomic mass is 15.1. The van der Waals surface area contributed by atoms with Crippen molar-refractivity contribution < 1.29 is 0 Å². The van der Waals surface area contributed by atoms with Gasteiger partial charge in [-0.1, -0.05) is 72.8 Å². The van der Waals surface area contributed by atoms with Crippen molar-refractivity contribution in [3.8, 4) is 34.2 Å². The molecule has 4 aromatic carbocycles. The monoisotopic (exact) mass is 614 g/mol. The maximum atomic E-state index is 5.10. The molecule has 0 radical (unpaired) electrons. The van der Waals surface area contributed by atoms with Crippen LogP contribution in [0.15, 0.2) is 158 Å². The van der Waals surface area contributed by atoms with Gasteiger partial charge in [-0.25, -0.2) is 4.98 Å². The minimum Gasteiger partial charge on any atom is -0.307 e. The lowest BCUT2D eigenvalue weighted by Crippen LogP contribution is -2.01.